The molecule has 0 spiro atoms. The summed E-state index contributed by atoms with van der Waals surface area (Å²) in [6.45, 7) is 19.7. The Balaban J connectivity index is 2.32. The van der Waals surface area contributed by atoms with Gasteiger partial charge in [-0.25, -0.2) is 0 Å². The molecule has 1 atom stereocenters. The summed E-state index contributed by atoms with van der Waals surface area (Å²) in [5.74, 6) is 0. The Morgan fingerprint density at radius 2 is 1.78 bits per heavy atom. The Kier molecular flexibility index (Phi) is 5.27. The van der Waals surface area contributed by atoms with Crippen LogP contribution in [-0.4, -0.2) is 21.5 Å². The molecule has 23 heavy (non-hydrogen) atoms. The second-order valence-electron chi connectivity index (χ2n) is 9.18. The lowest BCUT2D eigenvalue weighted by Crippen LogP contribution is -2.47. The average Bonchev–Trinajstić information content (AvgIpc) is 2.41. The van der Waals surface area contributed by atoms with Crippen LogP contribution in [-0.2, 0) is 15.6 Å². The summed E-state index contributed by atoms with van der Waals surface area (Å²) >= 11 is 3.64. The molecule has 3 heteroatoms. The number of rotatable bonds is 4. The molecule has 1 aromatic carbocycles. The van der Waals surface area contributed by atoms with Crippen molar-refractivity contribution in [3.8, 4) is 0 Å². The van der Waals surface area contributed by atoms with Gasteiger partial charge < -0.3 is 4.74 Å². The number of benzene rings is 1. The minimum absolute atomic E-state index is 0.0516. The van der Waals surface area contributed by atoms with Crippen LogP contribution in [0.25, 0.3) is 0 Å². The third-order valence-electron chi connectivity index (χ3n) is 5.90. The monoisotopic (exact) mass is 395 g/mol. The van der Waals surface area contributed by atoms with Gasteiger partial charge in [0.05, 0.1) is 14.9 Å². The van der Waals surface area contributed by atoms with Crippen molar-refractivity contribution in [3.63, 3.8) is 0 Å². The van der Waals surface area contributed by atoms with Crippen LogP contribution in [0.15, 0.2) is 22.7 Å². The summed E-state index contributed by atoms with van der Waals surface area (Å²) in [7, 11) is -0.373. The molecule has 0 bridgehead atoms. The zero-order chi connectivity index (χ0) is 17.6. The molecule has 0 heterocycles. The van der Waals surface area contributed by atoms with Gasteiger partial charge in [0.2, 0.25) is 0 Å². The van der Waals surface area contributed by atoms with Crippen molar-refractivity contribution in [3.05, 3.63) is 33.8 Å². The van der Waals surface area contributed by atoms with Crippen molar-refractivity contribution >= 4 is 24.7 Å². The third kappa shape index (κ3) is 3.77. The van der Waals surface area contributed by atoms with E-state index < -0.39 is 0 Å². The van der Waals surface area contributed by atoms with Crippen molar-refractivity contribution < 1.29 is 4.74 Å². The van der Waals surface area contributed by atoms with Crippen LogP contribution in [0.4, 0.5) is 0 Å². The number of ether oxygens (including phenoxy) is 1. The summed E-state index contributed by atoms with van der Waals surface area (Å²) in [4.78, 5) is 0. The van der Waals surface area contributed by atoms with E-state index in [0.717, 1.165) is 13.0 Å². The maximum Gasteiger partial charge on any atom is 0.0674 e. The predicted molar refractivity (Wildman–Crippen MR) is 106 cm³/mol. The van der Waals surface area contributed by atoms with E-state index in [4.69, 9.17) is 4.74 Å². The minimum Gasteiger partial charge on any atom is -0.377 e. The Morgan fingerprint density at radius 1 is 1.17 bits per heavy atom. The lowest BCUT2D eigenvalue weighted by molar-refractivity contribution is -0.0281. The van der Waals surface area contributed by atoms with Gasteiger partial charge in [-0.2, -0.15) is 0 Å². The highest BCUT2D eigenvalue weighted by atomic mass is 79.9. The van der Waals surface area contributed by atoms with Crippen LogP contribution in [0.1, 0.15) is 59.1 Å². The van der Waals surface area contributed by atoms with Gasteiger partial charge in [-0.15, -0.1) is 0 Å². The molecule has 0 amide bonds. The minimum atomic E-state index is -0.373. The van der Waals surface area contributed by atoms with E-state index >= 15 is 0 Å². The quantitative estimate of drug-likeness (QED) is 0.541. The number of fused-ring (bicyclic) bond motifs is 1. The highest BCUT2D eigenvalue weighted by molar-refractivity contribution is 9.10. The summed E-state index contributed by atoms with van der Waals surface area (Å²) < 4.78 is 7.73. The van der Waals surface area contributed by atoms with Gasteiger partial charge in [0, 0.05) is 16.5 Å². The highest BCUT2D eigenvalue weighted by Crippen LogP contribution is 2.48. The van der Waals surface area contributed by atoms with Crippen molar-refractivity contribution in [1.82, 2.24) is 0 Å². The highest BCUT2D eigenvalue weighted by Gasteiger charge is 2.45. The molecule has 0 fully saturated rings. The van der Waals surface area contributed by atoms with Gasteiger partial charge in [-0.05, 0) is 40.1 Å². The molecule has 129 valence electrons. The molecule has 1 unspecified atom stereocenters. The first-order valence-corrected chi connectivity index (χ1v) is 11.9. The van der Waals surface area contributed by atoms with Crippen LogP contribution in [0.2, 0.25) is 18.1 Å². The van der Waals surface area contributed by atoms with Crippen molar-refractivity contribution in [2.75, 3.05) is 6.61 Å². The lowest BCUT2D eigenvalue weighted by atomic mass is 9.61. The van der Waals surface area contributed by atoms with E-state index in [1.165, 1.54) is 15.6 Å². The van der Waals surface area contributed by atoms with Crippen molar-refractivity contribution in [2.24, 2.45) is 0 Å². The predicted octanol–water partition coefficient (Wildman–Crippen LogP) is 6.33. The first kappa shape index (κ1) is 19.2. The van der Waals surface area contributed by atoms with Gasteiger partial charge >= 0.3 is 0 Å². The number of hydrogen-bond acceptors (Lipinski definition) is 1. The van der Waals surface area contributed by atoms with Gasteiger partial charge in [0.1, 0.15) is 0 Å². The van der Waals surface area contributed by atoms with Crippen LogP contribution >= 0.6 is 15.9 Å². The molecule has 0 saturated carbocycles. The molecular formula is C20H32BrOSi. The van der Waals surface area contributed by atoms with Crippen LogP contribution in [0, 0.1) is 0 Å². The topological polar surface area (TPSA) is 9.23 Å². The van der Waals surface area contributed by atoms with Gasteiger partial charge in [-0.1, -0.05) is 76.6 Å². The Hall–Kier alpha value is -0.123. The number of hydrogen-bond donors (Lipinski definition) is 0. The molecule has 0 aliphatic heterocycles. The fraction of sp³-hybridized carbons (Fsp3) is 0.700. The SMILES string of the molecule is C[Si](C)C(C)(C)COC1CC(C)(C)c2cc(Br)ccc2C1(C)C. The van der Waals surface area contributed by atoms with Gasteiger partial charge in [-0.3, -0.25) is 0 Å². The Bertz CT molecular complexity index is 575. The van der Waals surface area contributed by atoms with Gasteiger partial charge in [0.25, 0.3) is 0 Å². The first-order valence-electron chi connectivity index (χ1n) is 8.61. The summed E-state index contributed by atoms with van der Waals surface area (Å²) in [5, 5.41) is 0.310. The summed E-state index contributed by atoms with van der Waals surface area (Å²) in [6.07, 6.45) is 1.35. The van der Waals surface area contributed by atoms with E-state index in [1.807, 2.05) is 0 Å². The van der Waals surface area contributed by atoms with E-state index in [0.29, 0.717) is 5.04 Å². The maximum absolute atomic E-state index is 6.56. The molecule has 1 aromatic rings. The summed E-state index contributed by atoms with van der Waals surface area (Å²) in [5.41, 5.74) is 3.11. The normalized spacial score (nSPS) is 23.0. The molecule has 0 N–H and O–H groups in total. The molecular weight excluding hydrogens is 364 g/mol. The molecule has 0 aromatic heterocycles. The van der Waals surface area contributed by atoms with Crippen molar-refractivity contribution in [1.29, 1.82) is 0 Å². The second kappa shape index (κ2) is 6.31. The molecule has 1 radical (unpaired) electrons. The lowest BCUT2D eigenvalue weighted by Gasteiger charge is -2.48. The zero-order valence-electron chi connectivity index (χ0n) is 16.0. The summed E-state index contributed by atoms with van der Waals surface area (Å²) in [6, 6.07) is 6.76. The maximum atomic E-state index is 6.56. The third-order valence-corrected chi connectivity index (χ3v) is 9.25. The standard InChI is InChI=1S/C20H32BrOSi/c1-18(2)12-17(22-13-19(3,4)23(7)8)20(5,6)15-10-9-14(21)11-16(15)18/h9-11,17H,12-13H2,1-8H3. The van der Waals surface area contributed by atoms with Crippen LogP contribution in [0.3, 0.4) is 0 Å². The first-order chi connectivity index (χ1) is 10.4. The smallest absolute Gasteiger partial charge is 0.0674 e. The number of halogens is 1. The van der Waals surface area contributed by atoms with Crippen molar-refractivity contribution in [2.45, 2.75) is 83.0 Å². The molecule has 2 rings (SSSR count). The molecule has 1 aliphatic rings. The fourth-order valence-corrected chi connectivity index (χ4v) is 4.09. The van der Waals surface area contributed by atoms with Crippen LogP contribution in [0.5, 0.6) is 0 Å². The van der Waals surface area contributed by atoms with Gasteiger partial charge in [0.15, 0.2) is 0 Å². The van der Waals surface area contributed by atoms with E-state index in [2.05, 4.69) is 88.8 Å². The Morgan fingerprint density at radius 3 is 2.35 bits per heavy atom. The zero-order valence-corrected chi connectivity index (χ0v) is 18.6. The molecule has 1 aliphatic carbocycles. The molecule has 0 saturated heterocycles. The molecule has 1 nitrogen and oxygen atoms in total. The Labute approximate surface area is 152 Å². The van der Waals surface area contributed by atoms with E-state index in [9.17, 15) is 0 Å². The second-order valence-corrected chi connectivity index (χ2v) is 13.5. The fourth-order valence-electron chi connectivity index (χ4n) is 3.36. The van der Waals surface area contributed by atoms with E-state index in [-0.39, 0.29) is 25.7 Å². The van der Waals surface area contributed by atoms with E-state index in [1.54, 1.807) is 0 Å². The largest absolute Gasteiger partial charge is 0.377 e. The van der Waals surface area contributed by atoms with Crippen LogP contribution < -0.4 is 0 Å². The average molecular weight is 396 g/mol.